The van der Waals surface area contributed by atoms with E-state index in [9.17, 15) is 63.5 Å². The zero-order valence-corrected chi connectivity index (χ0v) is 43.9. The summed E-state index contributed by atoms with van der Waals surface area (Å²) in [5, 5.41) is 68.0. The molecule has 426 valence electrons. The van der Waals surface area contributed by atoms with Crippen LogP contribution in [0, 0.1) is 11.3 Å². The maximum Gasteiger partial charge on any atom is 0.326 e. The number of aromatic hydroxyl groups is 1. The summed E-state index contributed by atoms with van der Waals surface area (Å²) in [6, 6.07) is -2.59. The number of hydrazine groups is 1. The van der Waals surface area contributed by atoms with E-state index in [2.05, 4.69) is 42.4 Å². The molecular weight excluding hydrogens is 997 g/mol. The van der Waals surface area contributed by atoms with E-state index in [1.54, 1.807) is 32.9 Å². The van der Waals surface area contributed by atoms with Gasteiger partial charge in [0.15, 0.2) is 12.4 Å². The molecule has 0 aliphatic carbocycles. The molecule has 0 saturated carbocycles. The van der Waals surface area contributed by atoms with Gasteiger partial charge in [-0.25, -0.2) is 19.3 Å². The van der Waals surface area contributed by atoms with Crippen molar-refractivity contribution < 1.29 is 68.2 Å². The minimum Gasteiger partial charge on any atom is -0.508 e. The number of likely N-dealkylation sites (tertiary alicyclic amines) is 1. The van der Waals surface area contributed by atoms with E-state index in [0.717, 1.165) is 4.68 Å². The quantitative estimate of drug-likeness (QED) is 0.0293. The highest BCUT2D eigenvalue weighted by Crippen LogP contribution is 2.30. The summed E-state index contributed by atoms with van der Waals surface area (Å²) < 4.78 is 21.2. The third-order valence-corrected chi connectivity index (χ3v) is 13.2. The third kappa shape index (κ3) is 18.1. The van der Waals surface area contributed by atoms with Crippen molar-refractivity contribution in [1.82, 2.24) is 52.0 Å². The molecule has 26 nitrogen and oxygen atoms in total. The predicted octanol–water partition coefficient (Wildman–Crippen LogP) is -2.60. The number of aliphatic hydroxyl groups is 3. The molecular formula is C49H80FN13O13. The first-order chi connectivity index (χ1) is 35.9. The number of carbonyl (C=O) groups excluding carboxylic acids is 6. The lowest BCUT2D eigenvalue weighted by atomic mass is 9.85. The normalized spacial score (nSPS) is 22.1. The van der Waals surface area contributed by atoms with Crippen molar-refractivity contribution >= 4 is 41.4 Å². The van der Waals surface area contributed by atoms with Crippen LogP contribution >= 0.6 is 0 Å². The number of aromatic nitrogens is 3. The third-order valence-electron chi connectivity index (χ3n) is 13.2. The van der Waals surface area contributed by atoms with E-state index in [1.165, 1.54) is 23.2 Å². The number of amides is 6. The van der Waals surface area contributed by atoms with Gasteiger partial charge in [-0.05, 0) is 93.5 Å². The van der Waals surface area contributed by atoms with Crippen LogP contribution in [-0.4, -0.2) is 180 Å². The number of aliphatic carboxylic acids is 1. The number of ether oxygens (including phenoxy) is 1. The van der Waals surface area contributed by atoms with E-state index in [1.807, 2.05) is 13.8 Å². The fourth-order valence-corrected chi connectivity index (χ4v) is 8.87. The zero-order chi connectivity index (χ0) is 56.4. The van der Waals surface area contributed by atoms with Crippen LogP contribution in [0.25, 0.3) is 0 Å². The Labute approximate surface area is 441 Å². The molecule has 0 unspecified atom stereocenters. The Bertz CT molecular complexity index is 2230. The standard InChI is InChI=1S/C49H80FN13O13/c1-26(2)21-34(48(74)75)56-45(72)40(49(3,4)5)57-43(70)33(22-27-14-16-29(65)17-15-27)55-44(71)35-13-10-20-62(35)46(73)32(12-7-9-19-52)54-42(69)31(11-6-8-18-51)59-60-41(68)30(53)23-28-24-63(61-58-28)47-37(50)39(67)38(66)36(25-64)76-47/h14-17,24,26,30-40,47,59,64-67H,6-13,18-23,25,51-53H2,1-5H3,(H,54,69)(H,55,71)(H,56,72)(H,57,70)(H,60,68)(H,74,75)/t30-,31-,32-,33-,34-,35-,36+,37+,38+,39+,40+,47+/m0/s1/i50-1. The highest BCUT2D eigenvalue weighted by molar-refractivity contribution is 5.97. The van der Waals surface area contributed by atoms with E-state index < -0.39 is 126 Å². The molecule has 0 radical (unpaired) electrons. The number of benzene rings is 1. The van der Waals surface area contributed by atoms with Gasteiger partial charge >= 0.3 is 5.97 Å². The van der Waals surface area contributed by atoms with E-state index in [0.29, 0.717) is 44.2 Å². The number of carbonyl (C=O) groups is 7. The first-order valence-corrected chi connectivity index (χ1v) is 25.8. The molecule has 1 aromatic heterocycles. The van der Waals surface area contributed by atoms with Crippen LogP contribution in [0.3, 0.4) is 0 Å². The number of alkyl halides is 1. The SMILES string of the molecule is CC(C)C[C@H](NC(=O)[C@@H](NC(=O)[C@H](Cc1ccc(O)cc1)NC(=O)[C@@H]1CCCN1C(=O)[C@H](CCCCN)NC(=O)[C@H](CCCCN)NNC(=O)[C@@H](N)Cc1cn([C@@H]2O[C@H](CO)[C@@H](O)[C@H](O)[C@H]2[18F])nn1)C(C)(C)C)C(=O)O. The highest BCUT2D eigenvalue weighted by atomic mass is 18.2. The topological polar surface area (TPSA) is 414 Å². The van der Waals surface area contributed by atoms with Gasteiger partial charge < -0.3 is 73.6 Å². The summed E-state index contributed by atoms with van der Waals surface area (Å²) in [4.78, 5) is 97.8. The molecule has 2 aliphatic heterocycles. The van der Waals surface area contributed by atoms with Gasteiger partial charge in [-0.15, -0.1) is 5.10 Å². The van der Waals surface area contributed by atoms with Crippen molar-refractivity contribution in [3.8, 4) is 5.75 Å². The Morgan fingerprint density at radius 3 is 2.04 bits per heavy atom. The van der Waals surface area contributed by atoms with Crippen molar-refractivity contribution in [2.24, 2.45) is 28.5 Å². The Morgan fingerprint density at radius 1 is 0.829 bits per heavy atom. The lowest BCUT2D eigenvalue weighted by molar-refractivity contribution is -0.237. The van der Waals surface area contributed by atoms with Crippen molar-refractivity contribution in [2.45, 2.75) is 178 Å². The zero-order valence-electron chi connectivity index (χ0n) is 43.9. The average Bonchev–Trinajstić information content (AvgIpc) is 4.06. The number of carboxylic acids is 1. The van der Waals surface area contributed by atoms with Gasteiger partial charge in [0.25, 0.3) is 5.91 Å². The summed E-state index contributed by atoms with van der Waals surface area (Å²) in [7, 11) is 0. The number of rotatable bonds is 29. The number of nitrogens with one attached hydrogen (secondary N) is 6. The smallest absolute Gasteiger partial charge is 0.326 e. The van der Waals surface area contributed by atoms with Crippen molar-refractivity contribution in [1.29, 1.82) is 0 Å². The molecule has 0 spiro atoms. The van der Waals surface area contributed by atoms with Crippen molar-refractivity contribution in [3.63, 3.8) is 0 Å². The molecule has 2 aliphatic rings. The number of carboxylic acid groups (broad SMARTS) is 1. The summed E-state index contributed by atoms with van der Waals surface area (Å²) >= 11 is 0. The molecule has 76 heavy (non-hydrogen) atoms. The van der Waals surface area contributed by atoms with Crippen molar-refractivity contribution in [3.05, 3.63) is 41.7 Å². The lowest BCUT2D eigenvalue weighted by Crippen LogP contribution is -2.61. The Kier molecular flexibility index (Phi) is 24.3. The Balaban J connectivity index is 1.50. The van der Waals surface area contributed by atoms with Gasteiger partial charge in [-0.3, -0.25) is 34.2 Å². The van der Waals surface area contributed by atoms with Crippen LogP contribution < -0.4 is 49.3 Å². The minimum atomic E-state index is -2.14. The molecule has 0 bridgehead atoms. The number of hydrogen-bond acceptors (Lipinski definition) is 18. The van der Waals surface area contributed by atoms with Crippen LogP contribution in [-0.2, 0) is 51.1 Å². The van der Waals surface area contributed by atoms with Gasteiger partial charge in [0.1, 0.15) is 60.3 Å². The van der Waals surface area contributed by atoms with Crippen LogP contribution in [0.5, 0.6) is 5.75 Å². The number of phenolic OH excluding ortho intramolecular Hbond substituents is 1. The largest absolute Gasteiger partial charge is 0.508 e. The summed E-state index contributed by atoms with van der Waals surface area (Å²) in [5.41, 5.74) is 22.6. The second kappa shape index (κ2) is 29.5. The number of halogens is 1. The molecule has 17 N–H and O–H groups in total. The number of unbranched alkanes of at least 4 members (excludes halogenated alkanes) is 2. The molecule has 2 aromatic rings. The predicted molar refractivity (Wildman–Crippen MR) is 271 cm³/mol. The number of aliphatic hydroxyl groups excluding tert-OH is 3. The number of hydrogen-bond donors (Lipinski definition) is 14. The molecule has 2 saturated heterocycles. The number of nitrogens with zero attached hydrogens (tertiary/aromatic N) is 4. The lowest BCUT2D eigenvalue weighted by Gasteiger charge is -2.38. The van der Waals surface area contributed by atoms with Gasteiger partial charge in [-0.1, -0.05) is 58.4 Å². The maximum atomic E-state index is 14.9. The van der Waals surface area contributed by atoms with Crippen molar-refractivity contribution in [2.75, 3.05) is 26.2 Å². The highest BCUT2D eigenvalue weighted by Gasteiger charge is 2.46. The molecule has 3 heterocycles. The summed E-state index contributed by atoms with van der Waals surface area (Å²) in [6.07, 6.45) is -4.87. The van der Waals surface area contributed by atoms with Crippen LogP contribution in [0.15, 0.2) is 30.5 Å². The van der Waals surface area contributed by atoms with Crippen LogP contribution in [0.1, 0.15) is 110 Å². The van der Waals surface area contributed by atoms with Gasteiger partial charge in [0.05, 0.1) is 24.5 Å². The molecule has 2 fully saturated rings. The Morgan fingerprint density at radius 2 is 1.45 bits per heavy atom. The average molecular weight is 1080 g/mol. The Hall–Kier alpha value is -5.94. The molecule has 12 atom stereocenters. The monoisotopic (exact) mass is 1080 g/mol. The fourth-order valence-electron chi connectivity index (χ4n) is 8.87. The summed E-state index contributed by atoms with van der Waals surface area (Å²) in [5.74, 6) is -5.61. The van der Waals surface area contributed by atoms with Crippen LogP contribution in [0.4, 0.5) is 4.39 Å². The minimum absolute atomic E-state index is 0.0426. The maximum absolute atomic E-state index is 14.9. The van der Waals surface area contributed by atoms with E-state index in [4.69, 9.17) is 21.9 Å². The van der Waals surface area contributed by atoms with Gasteiger partial charge in [-0.2, -0.15) is 0 Å². The molecule has 6 amide bonds. The summed E-state index contributed by atoms with van der Waals surface area (Å²) in [6.45, 7) is 8.68. The molecule has 4 rings (SSSR count). The number of phenols is 1. The number of nitrogens with two attached hydrogens (primary N) is 3. The first-order valence-electron chi connectivity index (χ1n) is 25.8. The second-order valence-corrected chi connectivity index (χ2v) is 20.9. The molecule has 27 heteroatoms. The van der Waals surface area contributed by atoms with E-state index >= 15 is 0 Å². The van der Waals surface area contributed by atoms with E-state index in [-0.39, 0.29) is 69.0 Å². The second-order valence-electron chi connectivity index (χ2n) is 20.9. The van der Waals surface area contributed by atoms with Gasteiger partial charge in [0.2, 0.25) is 29.5 Å². The molecule has 1 aromatic carbocycles. The van der Waals surface area contributed by atoms with Gasteiger partial charge in [0, 0.05) is 19.4 Å². The fraction of sp³-hybridized carbons (Fsp3) is 0.694. The van der Waals surface area contributed by atoms with Crippen LogP contribution in [0.2, 0.25) is 0 Å². The first kappa shape index (κ1) is 62.6.